The minimum Gasteiger partial charge on any atom is -0.508 e. The van der Waals surface area contributed by atoms with E-state index in [1.54, 1.807) is 0 Å². The zero-order valence-electron chi connectivity index (χ0n) is 9.81. The van der Waals surface area contributed by atoms with Crippen LogP contribution in [0, 0.1) is 6.92 Å². The van der Waals surface area contributed by atoms with Crippen LogP contribution in [-0.4, -0.2) is 5.11 Å². The van der Waals surface area contributed by atoms with Gasteiger partial charge < -0.3 is 5.11 Å². The van der Waals surface area contributed by atoms with Crippen molar-refractivity contribution < 1.29 is 5.11 Å². The third-order valence-corrected chi connectivity index (χ3v) is 2.61. The molecule has 1 heteroatoms. The smallest absolute Gasteiger partial charge is 0.118 e. The van der Waals surface area contributed by atoms with Crippen molar-refractivity contribution in [2.75, 3.05) is 0 Å². The predicted molar refractivity (Wildman–Crippen MR) is 60.9 cm³/mol. The quantitative estimate of drug-likeness (QED) is 0.721. The number of benzene rings is 1. The Hall–Kier alpha value is -0.980. The molecule has 78 valence electrons. The second-order valence-electron chi connectivity index (χ2n) is 4.90. The van der Waals surface area contributed by atoms with Crippen LogP contribution in [0.2, 0.25) is 0 Å². The lowest BCUT2D eigenvalue weighted by atomic mass is 9.82. The van der Waals surface area contributed by atoms with Crippen LogP contribution in [0.1, 0.15) is 44.4 Å². The fourth-order valence-electron chi connectivity index (χ4n) is 1.75. The first-order valence-electron chi connectivity index (χ1n) is 5.19. The second-order valence-corrected chi connectivity index (χ2v) is 4.90. The number of aryl methyl sites for hydroxylation is 2. The van der Waals surface area contributed by atoms with E-state index in [-0.39, 0.29) is 5.41 Å². The van der Waals surface area contributed by atoms with E-state index in [0.717, 1.165) is 12.0 Å². The summed E-state index contributed by atoms with van der Waals surface area (Å²) < 4.78 is 0. The molecule has 14 heavy (non-hydrogen) atoms. The van der Waals surface area contributed by atoms with E-state index < -0.39 is 0 Å². The molecule has 0 saturated heterocycles. The van der Waals surface area contributed by atoms with Crippen LogP contribution in [-0.2, 0) is 11.8 Å². The van der Waals surface area contributed by atoms with Crippen molar-refractivity contribution in [2.24, 2.45) is 0 Å². The minimum absolute atomic E-state index is 0.108. The average Bonchev–Trinajstić information content (AvgIpc) is 2.07. The van der Waals surface area contributed by atoms with Gasteiger partial charge in [0.2, 0.25) is 0 Å². The van der Waals surface area contributed by atoms with E-state index >= 15 is 0 Å². The molecule has 0 saturated carbocycles. The summed E-state index contributed by atoms with van der Waals surface area (Å²) in [6.07, 6.45) is 1.02. The van der Waals surface area contributed by atoms with E-state index in [2.05, 4.69) is 33.8 Å². The highest BCUT2D eigenvalue weighted by Gasteiger charge is 2.18. The summed E-state index contributed by atoms with van der Waals surface area (Å²) in [7, 11) is 0. The maximum Gasteiger partial charge on any atom is 0.118 e. The van der Waals surface area contributed by atoms with Crippen molar-refractivity contribution in [2.45, 2.75) is 46.5 Å². The summed E-state index contributed by atoms with van der Waals surface area (Å²) >= 11 is 0. The normalized spacial score (nSPS) is 11.8. The third kappa shape index (κ3) is 2.09. The Kier molecular flexibility index (Phi) is 2.89. The molecular weight excluding hydrogens is 172 g/mol. The van der Waals surface area contributed by atoms with Crippen molar-refractivity contribution in [1.29, 1.82) is 0 Å². The summed E-state index contributed by atoms with van der Waals surface area (Å²) in [5.74, 6) is 0.409. The fraction of sp³-hybridized carbons (Fsp3) is 0.538. The first-order chi connectivity index (χ1) is 6.36. The van der Waals surface area contributed by atoms with E-state index in [0.29, 0.717) is 5.75 Å². The molecule has 0 atom stereocenters. The van der Waals surface area contributed by atoms with Crippen molar-refractivity contribution in [3.63, 3.8) is 0 Å². The summed E-state index contributed by atoms with van der Waals surface area (Å²) in [6.45, 7) is 10.6. The maximum atomic E-state index is 9.68. The van der Waals surface area contributed by atoms with E-state index in [9.17, 15) is 5.11 Å². The lowest BCUT2D eigenvalue weighted by Crippen LogP contribution is -2.14. The third-order valence-electron chi connectivity index (χ3n) is 2.61. The number of aromatic hydroxyl groups is 1. The molecule has 0 unspecified atom stereocenters. The van der Waals surface area contributed by atoms with Gasteiger partial charge in [0, 0.05) is 0 Å². The summed E-state index contributed by atoms with van der Waals surface area (Å²) in [6, 6.07) is 4.00. The topological polar surface area (TPSA) is 20.2 Å². The van der Waals surface area contributed by atoms with Crippen LogP contribution in [0.4, 0.5) is 0 Å². The first-order valence-corrected chi connectivity index (χ1v) is 5.19. The Balaban J connectivity index is 3.35. The van der Waals surface area contributed by atoms with Crippen molar-refractivity contribution in [3.05, 3.63) is 28.8 Å². The van der Waals surface area contributed by atoms with E-state index in [1.165, 1.54) is 11.1 Å². The number of phenols is 1. The van der Waals surface area contributed by atoms with Gasteiger partial charge in [0.1, 0.15) is 5.75 Å². The van der Waals surface area contributed by atoms with Crippen LogP contribution >= 0.6 is 0 Å². The highest BCUT2D eigenvalue weighted by atomic mass is 16.3. The molecular formula is C13H20O. The van der Waals surface area contributed by atoms with E-state index in [1.807, 2.05) is 13.0 Å². The Labute approximate surface area is 86.8 Å². The molecule has 1 nitrogen and oxygen atoms in total. The average molecular weight is 192 g/mol. The van der Waals surface area contributed by atoms with Gasteiger partial charge in [0.25, 0.3) is 0 Å². The molecule has 0 spiro atoms. The van der Waals surface area contributed by atoms with Crippen LogP contribution in [0.5, 0.6) is 5.75 Å². The molecule has 1 rings (SSSR count). The van der Waals surface area contributed by atoms with Gasteiger partial charge >= 0.3 is 0 Å². The molecule has 0 amide bonds. The van der Waals surface area contributed by atoms with E-state index in [4.69, 9.17) is 0 Å². The van der Waals surface area contributed by atoms with Gasteiger partial charge in [-0.2, -0.15) is 0 Å². The van der Waals surface area contributed by atoms with Gasteiger partial charge in [0.15, 0.2) is 0 Å². The second kappa shape index (κ2) is 3.64. The predicted octanol–water partition coefficient (Wildman–Crippen LogP) is 3.56. The Morgan fingerprint density at radius 3 is 2.21 bits per heavy atom. The molecule has 0 aliphatic heterocycles. The van der Waals surface area contributed by atoms with Crippen molar-refractivity contribution in [1.82, 2.24) is 0 Å². The fourth-order valence-corrected chi connectivity index (χ4v) is 1.75. The highest BCUT2D eigenvalue weighted by molar-refractivity contribution is 5.44. The highest BCUT2D eigenvalue weighted by Crippen LogP contribution is 2.31. The molecule has 0 fully saturated rings. The Morgan fingerprint density at radius 1 is 1.21 bits per heavy atom. The van der Waals surface area contributed by atoms with Gasteiger partial charge in [0.05, 0.1) is 0 Å². The Morgan fingerprint density at radius 2 is 1.79 bits per heavy atom. The van der Waals surface area contributed by atoms with Crippen molar-refractivity contribution >= 4 is 0 Å². The molecule has 1 aromatic rings. The zero-order valence-corrected chi connectivity index (χ0v) is 9.81. The lowest BCUT2D eigenvalue weighted by molar-refractivity contribution is 0.466. The molecule has 1 N–H and O–H groups in total. The molecule has 0 aliphatic carbocycles. The lowest BCUT2D eigenvalue weighted by Gasteiger charge is -2.23. The maximum absolute atomic E-state index is 9.68. The monoisotopic (exact) mass is 192 g/mol. The van der Waals surface area contributed by atoms with Gasteiger partial charge in [-0.15, -0.1) is 0 Å². The molecule has 0 aliphatic rings. The van der Waals surface area contributed by atoms with Crippen LogP contribution in [0.25, 0.3) is 0 Å². The summed E-state index contributed by atoms with van der Waals surface area (Å²) in [5, 5.41) is 9.68. The van der Waals surface area contributed by atoms with Crippen LogP contribution in [0.3, 0.4) is 0 Å². The molecule has 0 heterocycles. The summed E-state index contributed by atoms with van der Waals surface area (Å²) in [5.41, 5.74) is 3.67. The molecule has 1 aromatic carbocycles. The number of phenolic OH excluding ortho intramolecular Hbond substituents is 1. The van der Waals surface area contributed by atoms with Crippen molar-refractivity contribution in [3.8, 4) is 5.75 Å². The first kappa shape index (κ1) is 11.1. The number of rotatable bonds is 1. The standard InChI is InChI=1S/C13H20O/c1-6-10-7-9(2)12(14)8-11(10)13(3,4)5/h7-8,14H,6H2,1-5H3. The van der Waals surface area contributed by atoms with Gasteiger partial charge in [-0.25, -0.2) is 0 Å². The van der Waals surface area contributed by atoms with Crippen LogP contribution in [0.15, 0.2) is 12.1 Å². The van der Waals surface area contributed by atoms with Gasteiger partial charge in [-0.05, 0) is 41.5 Å². The number of hydrogen-bond donors (Lipinski definition) is 1. The zero-order chi connectivity index (χ0) is 10.9. The largest absolute Gasteiger partial charge is 0.508 e. The SMILES string of the molecule is CCc1cc(C)c(O)cc1C(C)(C)C. The minimum atomic E-state index is 0.108. The molecule has 0 bridgehead atoms. The summed E-state index contributed by atoms with van der Waals surface area (Å²) in [4.78, 5) is 0. The number of hydrogen-bond acceptors (Lipinski definition) is 1. The molecule has 0 radical (unpaired) electrons. The Bertz CT molecular complexity index is 332. The molecule has 0 aromatic heterocycles. The van der Waals surface area contributed by atoms with Gasteiger partial charge in [-0.3, -0.25) is 0 Å². The van der Waals surface area contributed by atoms with Gasteiger partial charge in [-0.1, -0.05) is 33.8 Å². The van der Waals surface area contributed by atoms with Crippen LogP contribution < -0.4 is 0 Å².